The number of benzene rings is 3. The van der Waals surface area contributed by atoms with Crippen molar-refractivity contribution in [3.63, 3.8) is 0 Å². The van der Waals surface area contributed by atoms with E-state index in [1.165, 1.54) is 0 Å². The molecule has 0 aromatic heterocycles. The van der Waals surface area contributed by atoms with Crippen LogP contribution in [-0.4, -0.2) is 32.2 Å². The Morgan fingerprint density at radius 2 is 1.20 bits per heavy atom. The summed E-state index contributed by atoms with van der Waals surface area (Å²) in [4.78, 5) is 0. The summed E-state index contributed by atoms with van der Waals surface area (Å²) in [7, 11) is 0.948. The van der Waals surface area contributed by atoms with Gasteiger partial charge in [0.1, 0.15) is 13.2 Å². The maximum absolute atomic E-state index is 6.33. The van der Waals surface area contributed by atoms with E-state index >= 15 is 0 Å². The Kier molecular flexibility index (Phi) is 7.70. The molecule has 6 nitrogen and oxygen atoms in total. The van der Waals surface area contributed by atoms with E-state index in [4.69, 9.17) is 28.3 Å². The molecule has 0 radical (unpaired) electrons. The van der Waals surface area contributed by atoms with Gasteiger partial charge < -0.3 is 28.3 Å². The molecule has 184 valence electrons. The van der Waals surface area contributed by atoms with Crippen LogP contribution in [0.3, 0.4) is 0 Å². The molecule has 1 aliphatic rings. The van der Waals surface area contributed by atoms with E-state index in [9.17, 15) is 0 Å². The van der Waals surface area contributed by atoms with Crippen molar-refractivity contribution in [1.82, 2.24) is 0 Å². The Morgan fingerprint density at radius 1 is 0.657 bits per heavy atom. The summed E-state index contributed by atoms with van der Waals surface area (Å²) in [5, 5.41) is 0. The molecule has 1 heterocycles. The highest BCUT2D eigenvalue weighted by atomic mass is 16.7. The molecule has 0 unspecified atom stereocenters. The van der Waals surface area contributed by atoms with Gasteiger partial charge in [0, 0.05) is 12.6 Å². The summed E-state index contributed by atoms with van der Waals surface area (Å²) in [6.07, 6.45) is 0. The molecule has 3 aromatic rings. The average Bonchev–Trinajstić information content (AvgIpc) is 3.07. The van der Waals surface area contributed by atoms with Crippen molar-refractivity contribution in [2.45, 2.75) is 52.1 Å². The molecule has 35 heavy (non-hydrogen) atoms. The molecule has 1 saturated heterocycles. The third-order valence-corrected chi connectivity index (χ3v) is 6.40. The quantitative estimate of drug-likeness (QED) is 0.299. The van der Waals surface area contributed by atoms with E-state index in [1.54, 1.807) is 7.11 Å². The number of hydrogen-bond donors (Lipinski definition) is 0. The molecule has 1 fully saturated rings. The van der Waals surface area contributed by atoms with Gasteiger partial charge in [-0.05, 0) is 44.9 Å². The Bertz CT molecular complexity index is 1090. The summed E-state index contributed by atoms with van der Waals surface area (Å²) in [5.74, 6) is 1.53. The van der Waals surface area contributed by atoms with Gasteiger partial charge in [-0.3, -0.25) is 0 Å². The van der Waals surface area contributed by atoms with Crippen LogP contribution in [0.2, 0.25) is 0 Å². The average molecular weight is 476 g/mol. The fourth-order valence-electron chi connectivity index (χ4n) is 3.70. The first-order chi connectivity index (χ1) is 16.8. The summed E-state index contributed by atoms with van der Waals surface area (Å²) < 4.78 is 36.5. The third-order valence-electron chi connectivity index (χ3n) is 6.40. The molecule has 1 aliphatic heterocycles. The second-order valence-electron chi connectivity index (χ2n) is 9.50. The topological polar surface area (TPSA) is 55.4 Å². The second-order valence-corrected chi connectivity index (χ2v) is 9.50. The van der Waals surface area contributed by atoms with Crippen molar-refractivity contribution in [2.24, 2.45) is 0 Å². The Balaban J connectivity index is 1.71. The number of ether oxygens (including phenoxy) is 4. The maximum Gasteiger partial charge on any atom is 0.498 e. The van der Waals surface area contributed by atoms with Gasteiger partial charge in [-0.1, -0.05) is 66.7 Å². The van der Waals surface area contributed by atoms with Crippen molar-refractivity contribution >= 4 is 12.6 Å². The molecule has 3 aromatic carbocycles. The van der Waals surface area contributed by atoms with Gasteiger partial charge in [0.05, 0.1) is 11.2 Å². The van der Waals surface area contributed by atoms with Gasteiger partial charge in [-0.2, -0.15) is 0 Å². The molecular weight excluding hydrogens is 443 g/mol. The number of hydrogen-bond acceptors (Lipinski definition) is 6. The van der Waals surface area contributed by atoms with Crippen LogP contribution in [-0.2, 0) is 27.3 Å². The van der Waals surface area contributed by atoms with Gasteiger partial charge in [0.25, 0.3) is 0 Å². The fourth-order valence-corrected chi connectivity index (χ4v) is 3.70. The first-order valence-electron chi connectivity index (χ1n) is 11.8. The molecule has 0 N–H and O–H groups in total. The van der Waals surface area contributed by atoms with E-state index in [2.05, 4.69) is 0 Å². The van der Waals surface area contributed by atoms with Crippen LogP contribution in [0.5, 0.6) is 17.2 Å². The molecule has 0 atom stereocenters. The smallest absolute Gasteiger partial charge is 0.485 e. The molecule has 0 aliphatic carbocycles. The van der Waals surface area contributed by atoms with Gasteiger partial charge in [-0.25, -0.2) is 0 Å². The van der Waals surface area contributed by atoms with Crippen molar-refractivity contribution < 1.29 is 28.3 Å². The lowest BCUT2D eigenvalue weighted by Gasteiger charge is -2.32. The minimum absolute atomic E-state index is 0.0380. The SMILES string of the molecule is COCOc1c(B2OC(C)(C)C(C)(C)O2)ccc(OCc2ccccc2)c1OCc1ccccc1. The minimum Gasteiger partial charge on any atom is -0.485 e. The van der Waals surface area contributed by atoms with Crippen LogP contribution in [0.4, 0.5) is 0 Å². The van der Waals surface area contributed by atoms with E-state index in [1.807, 2.05) is 100 Å². The van der Waals surface area contributed by atoms with Gasteiger partial charge in [0.15, 0.2) is 18.3 Å². The molecule has 0 saturated carbocycles. The highest BCUT2D eigenvalue weighted by molar-refractivity contribution is 6.63. The van der Waals surface area contributed by atoms with Gasteiger partial charge in [0.2, 0.25) is 5.75 Å². The largest absolute Gasteiger partial charge is 0.498 e. The molecular formula is C28H33BO6. The van der Waals surface area contributed by atoms with E-state index in [-0.39, 0.29) is 6.79 Å². The lowest BCUT2D eigenvalue weighted by Crippen LogP contribution is -2.41. The Labute approximate surface area is 208 Å². The highest BCUT2D eigenvalue weighted by Crippen LogP contribution is 2.41. The summed E-state index contributed by atoms with van der Waals surface area (Å²) >= 11 is 0. The van der Waals surface area contributed by atoms with Crippen molar-refractivity contribution in [1.29, 1.82) is 0 Å². The third kappa shape index (κ3) is 5.81. The monoisotopic (exact) mass is 476 g/mol. The zero-order chi connectivity index (χ0) is 24.9. The lowest BCUT2D eigenvalue weighted by atomic mass is 9.78. The van der Waals surface area contributed by atoms with Crippen LogP contribution < -0.4 is 19.7 Å². The van der Waals surface area contributed by atoms with Crippen LogP contribution in [0.1, 0.15) is 38.8 Å². The molecule has 4 rings (SSSR count). The van der Waals surface area contributed by atoms with E-state index in [0.29, 0.717) is 30.5 Å². The van der Waals surface area contributed by atoms with Crippen molar-refractivity contribution in [3.05, 3.63) is 83.9 Å². The summed E-state index contributed by atoms with van der Waals surface area (Å²) in [6.45, 7) is 8.86. The normalized spacial score (nSPS) is 16.2. The Hall–Kier alpha value is -3.00. The maximum atomic E-state index is 6.33. The standard InChI is InChI=1S/C28H33BO6/c1-27(2)28(3,4)35-29(34-27)23-16-17-24(31-18-21-12-8-6-9-13-21)26(25(23)33-20-30-5)32-19-22-14-10-7-11-15-22/h6-17H,18-20H2,1-5H3. The molecule has 7 heteroatoms. The van der Waals surface area contributed by atoms with Gasteiger partial charge >= 0.3 is 7.12 Å². The predicted molar refractivity (Wildman–Crippen MR) is 136 cm³/mol. The van der Waals surface area contributed by atoms with Gasteiger partial charge in [-0.15, -0.1) is 0 Å². The minimum atomic E-state index is -0.630. The fraction of sp³-hybridized carbons (Fsp3) is 0.357. The van der Waals surface area contributed by atoms with Crippen molar-refractivity contribution in [2.75, 3.05) is 13.9 Å². The summed E-state index contributed by atoms with van der Waals surface area (Å²) in [6, 6.07) is 23.7. The lowest BCUT2D eigenvalue weighted by molar-refractivity contribution is 0.00578. The summed E-state index contributed by atoms with van der Waals surface area (Å²) in [5.41, 5.74) is 1.81. The molecule has 0 bridgehead atoms. The van der Waals surface area contributed by atoms with Crippen LogP contribution in [0.15, 0.2) is 72.8 Å². The first kappa shape index (κ1) is 25.1. The van der Waals surface area contributed by atoms with Crippen LogP contribution in [0.25, 0.3) is 0 Å². The second kappa shape index (κ2) is 10.7. The zero-order valence-corrected chi connectivity index (χ0v) is 21.1. The van der Waals surface area contributed by atoms with Crippen molar-refractivity contribution in [3.8, 4) is 17.2 Å². The zero-order valence-electron chi connectivity index (χ0n) is 21.1. The van der Waals surface area contributed by atoms with E-state index < -0.39 is 18.3 Å². The van der Waals surface area contributed by atoms with Crippen LogP contribution in [0, 0.1) is 0 Å². The number of rotatable bonds is 10. The predicted octanol–water partition coefficient (Wildman–Crippen LogP) is 5.13. The molecule has 0 spiro atoms. The Morgan fingerprint density at radius 3 is 1.74 bits per heavy atom. The van der Waals surface area contributed by atoms with Crippen LogP contribution >= 0.6 is 0 Å². The highest BCUT2D eigenvalue weighted by Gasteiger charge is 2.53. The first-order valence-corrected chi connectivity index (χ1v) is 11.8. The molecule has 0 amide bonds. The van der Waals surface area contributed by atoms with E-state index in [0.717, 1.165) is 16.6 Å². The number of methoxy groups -OCH3 is 1.